The average molecular weight is 258 g/mol. The van der Waals surface area contributed by atoms with Crippen molar-refractivity contribution in [2.45, 2.75) is 0 Å². The number of imidazole rings is 1. The first-order valence-corrected chi connectivity index (χ1v) is 6.26. The number of hydrogen-bond donors (Lipinski definition) is 0. The van der Waals surface area contributed by atoms with Crippen LogP contribution in [0.15, 0.2) is 48.5 Å². The first-order valence-electron chi connectivity index (χ1n) is 5.88. The molecule has 0 saturated carbocycles. The molecule has 3 aromatic rings. The van der Waals surface area contributed by atoms with Crippen LogP contribution in [0.3, 0.4) is 0 Å². The Morgan fingerprint density at radius 3 is 2.39 bits per heavy atom. The fraction of sp³-hybridized carbons (Fsp3) is 0.133. The summed E-state index contributed by atoms with van der Waals surface area (Å²) in [5.41, 5.74) is 3.46. The van der Waals surface area contributed by atoms with E-state index in [4.69, 9.17) is 11.6 Å². The Balaban J connectivity index is 2.40. The van der Waals surface area contributed by atoms with Crippen molar-refractivity contribution in [1.82, 2.24) is 4.57 Å². The Kier molecular flexibility index (Phi) is 2.60. The molecule has 0 spiro atoms. The normalized spacial score (nSPS) is 11.1. The van der Waals surface area contributed by atoms with E-state index in [1.165, 1.54) is 11.0 Å². The van der Waals surface area contributed by atoms with E-state index in [2.05, 4.69) is 53.6 Å². The van der Waals surface area contributed by atoms with E-state index in [-0.39, 0.29) is 0 Å². The summed E-state index contributed by atoms with van der Waals surface area (Å²) in [6, 6.07) is 16.3. The topological polar surface area (TPSA) is 8.81 Å². The number of aryl methyl sites for hydroxylation is 2. The highest BCUT2D eigenvalue weighted by molar-refractivity contribution is 6.33. The van der Waals surface area contributed by atoms with Gasteiger partial charge in [-0.1, -0.05) is 35.9 Å². The van der Waals surface area contributed by atoms with Gasteiger partial charge in [0.05, 0.1) is 24.7 Å². The first kappa shape index (κ1) is 11.3. The molecule has 0 aliphatic heterocycles. The Morgan fingerprint density at radius 1 is 1.00 bits per heavy atom. The minimum absolute atomic E-state index is 0.777. The highest BCUT2D eigenvalue weighted by atomic mass is 35.5. The molecule has 18 heavy (non-hydrogen) atoms. The zero-order valence-corrected chi connectivity index (χ0v) is 11.1. The van der Waals surface area contributed by atoms with Crippen LogP contribution in [0.5, 0.6) is 0 Å². The molecule has 0 fully saturated rings. The summed E-state index contributed by atoms with van der Waals surface area (Å²) in [6.07, 6.45) is 0. The largest absolute Gasteiger partial charge is 0.290 e. The van der Waals surface area contributed by atoms with E-state index in [1.54, 1.807) is 0 Å². The zero-order valence-electron chi connectivity index (χ0n) is 10.4. The number of para-hydroxylation sites is 2. The van der Waals surface area contributed by atoms with Crippen molar-refractivity contribution in [3.8, 4) is 11.4 Å². The number of aromatic nitrogens is 2. The molecular weight excluding hydrogens is 244 g/mol. The van der Waals surface area contributed by atoms with Crippen LogP contribution in [0.25, 0.3) is 22.4 Å². The van der Waals surface area contributed by atoms with Crippen LogP contribution in [0, 0.1) is 0 Å². The molecule has 3 heteroatoms. The van der Waals surface area contributed by atoms with Gasteiger partial charge in [0.1, 0.15) is 0 Å². The van der Waals surface area contributed by atoms with Crippen LogP contribution < -0.4 is 4.57 Å². The van der Waals surface area contributed by atoms with Crippen molar-refractivity contribution in [1.29, 1.82) is 0 Å². The highest BCUT2D eigenvalue weighted by Crippen LogP contribution is 2.27. The zero-order chi connectivity index (χ0) is 12.7. The fourth-order valence-corrected chi connectivity index (χ4v) is 2.71. The third kappa shape index (κ3) is 1.53. The number of halogens is 1. The monoisotopic (exact) mass is 257 g/mol. The SMILES string of the molecule is Cn1c(-c2ccccc2Cl)[n+](C)c2ccccc21. The van der Waals surface area contributed by atoms with Crippen LogP contribution in [-0.2, 0) is 14.1 Å². The fourth-order valence-electron chi connectivity index (χ4n) is 2.49. The number of hydrogen-bond acceptors (Lipinski definition) is 0. The van der Waals surface area contributed by atoms with Crippen molar-refractivity contribution in [3.05, 3.63) is 53.6 Å². The maximum absolute atomic E-state index is 6.30. The molecule has 90 valence electrons. The average Bonchev–Trinajstić information content (AvgIpc) is 2.64. The molecule has 0 aliphatic carbocycles. The van der Waals surface area contributed by atoms with Gasteiger partial charge < -0.3 is 0 Å². The van der Waals surface area contributed by atoms with E-state index in [9.17, 15) is 0 Å². The molecule has 0 amide bonds. The Bertz CT molecular complexity index is 689. The third-order valence-electron chi connectivity index (χ3n) is 3.35. The summed E-state index contributed by atoms with van der Waals surface area (Å²) in [5, 5.41) is 0.777. The molecule has 0 unspecified atom stereocenters. The molecular formula is C15H14ClN2+. The van der Waals surface area contributed by atoms with Crippen molar-refractivity contribution >= 4 is 22.6 Å². The van der Waals surface area contributed by atoms with Gasteiger partial charge in [-0.05, 0) is 24.3 Å². The Hall–Kier alpha value is -1.80. The number of rotatable bonds is 1. The van der Waals surface area contributed by atoms with E-state index < -0.39 is 0 Å². The van der Waals surface area contributed by atoms with Crippen molar-refractivity contribution in [2.75, 3.05) is 0 Å². The number of nitrogens with zero attached hydrogens (tertiary/aromatic N) is 2. The third-order valence-corrected chi connectivity index (χ3v) is 3.68. The second-order valence-corrected chi connectivity index (χ2v) is 4.82. The molecule has 2 aromatic carbocycles. The number of benzene rings is 2. The summed E-state index contributed by atoms with van der Waals surface area (Å²) >= 11 is 6.30. The maximum atomic E-state index is 6.30. The van der Waals surface area contributed by atoms with E-state index >= 15 is 0 Å². The molecule has 0 aliphatic rings. The second-order valence-electron chi connectivity index (χ2n) is 4.41. The minimum Gasteiger partial charge on any atom is -0.226 e. The molecule has 0 atom stereocenters. The molecule has 3 rings (SSSR count). The number of fused-ring (bicyclic) bond motifs is 1. The lowest BCUT2D eigenvalue weighted by Crippen LogP contribution is -2.30. The summed E-state index contributed by atoms with van der Waals surface area (Å²) < 4.78 is 4.35. The molecule has 0 radical (unpaired) electrons. The van der Waals surface area contributed by atoms with Gasteiger partial charge in [0.15, 0.2) is 11.0 Å². The lowest BCUT2D eigenvalue weighted by molar-refractivity contribution is -0.634. The molecule has 0 bridgehead atoms. The quantitative estimate of drug-likeness (QED) is 0.592. The van der Waals surface area contributed by atoms with Crippen molar-refractivity contribution in [3.63, 3.8) is 0 Å². The van der Waals surface area contributed by atoms with Crippen molar-refractivity contribution < 1.29 is 4.57 Å². The van der Waals surface area contributed by atoms with Gasteiger partial charge in [-0.15, -0.1) is 0 Å². The summed E-state index contributed by atoms with van der Waals surface area (Å²) in [7, 11) is 4.14. The Labute approximate surface area is 111 Å². The molecule has 1 aromatic heterocycles. The first-order chi connectivity index (χ1) is 8.70. The predicted octanol–water partition coefficient (Wildman–Crippen LogP) is 3.32. The van der Waals surface area contributed by atoms with Crippen LogP contribution in [0.1, 0.15) is 0 Å². The van der Waals surface area contributed by atoms with Crippen LogP contribution in [-0.4, -0.2) is 4.57 Å². The predicted molar refractivity (Wildman–Crippen MR) is 74.5 cm³/mol. The van der Waals surface area contributed by atoms with Gasteiger partial charge in [0.25, 0.3) is 5.82 Å². The van der Waals surface area contributed by atoms with Gasteiger partial charge in [0, 0.05) is 0 Å². The standard InChI is InChI=1S/C15H14ClN2/c1-17-13-9-5-6-10-14(13)18(2)15(17)11-7-3-4-8-12(11)16/h3-10H,1-2H3/q+1. The van der Waals surface area contributed by atoms with Gasteiger partial charge >= 0.3 is 0 Å². The lowest BCUT2D eigenvalue weighted by atomic mass is 10.2. The van der Waals surface area contributed by atoms with Gasteiger partial charge in [0.2, 0.25) is 0 Å². The minimum atomic E-state index is 0.777. The molecule has 0 N–H and O–H groups in total. The van der Waals surface area contributed by atoms with Gasteiger partial charge in [-0.3, -0.25) is 0 Å². The summed E-state index contributed by atoms with van der Waals surface area (Å²) in [6.45, 7) is 0. The lowest BCUT2D eigenvalue weighted by Gasteiger charge is -2.01. The molecule has 0 saturated heterocycles. The van der Waals surface area contributed by atoms with Gasteiger partial charge in [-0.2, -0.15) is 0 Å². The second kappa shape index (κ2) is 4.14. The highest BCUT2D eigenvalue weighted by Gasteiger charge is 2.22. The molecule has 1 heterocycles. The van der Waals surface area contributed by atoms with Crippen LogP contribution in [0.2, 0.25) is 5.02 Å². The van der Waals surface area contributed by atoms with E-state index in [0.717, 1.165) is 16.4 Å². The van der Waals surface area contributed by atoms with Crippen molar-refractivity contribution in [2.24, 2.45) is 14.1 Å². The Morgan fingerprint density at radius 2 is 1.67 bits per heavy atom. The van der Waals surface area contributed by atoms with Gasteiger partial charge in [-0.25, -0.2) is 9.13 Å². The maximum Gasteiger partial charge on any atom is 0.290 e. The van der Waals surface area contributed by atoms with Crippen LogP contribution >= 0.6 is 11.6 Å². The smallest absolute Gasteiger partial charge is 0.226 e. The van der Waals surface area contributed by atoms with Crippen LogP contribution in [0.4, 0.5) is 0 Å². The van der Waals surface area contributed by atoms with E-state index in [0.29, 0.717) is 0 Å². The van der Waals surface area contributed by atoms with E-state index in [1.807, 2.05) is 18.2 Å². The summed E-state index contributed by atoms with van der Waals surface area (Å²) in [4.78, 5) is 0. The summed E-state index contributed by atoms with van der Waals surface area (Å²) in [5.74, 6) is 1.11. The molecule has 2 nitrogen and oxygen atoms in total.